The number of benzene rings is 1. The predicted molar refractivity (Wildman–Crippen MR) is 71.2 cm³/mol. The van der Waals surface area contributed by atoms with Gasteiger partial charge in [0, 0.05) is 16.5 Å². The number of halogens is 2. The van der Waals surface area contributed by atoms with E-state index in [2.05, 4.69) is 15.9 Å². The van der Waals surface area contributed by atoms with E-state index in [9.17, 15) is 4.39 Å². The van der Waals surface area contributed by atoms with Gasteiger partial charge in [0.1, 0.15) is 11.6 Å². The summed E-state index contributed by atoms with van der Waals surface area (Å²) in [5.41, 5.74) is 0.762. The predicted octanol–water partition coefficient (Wildman–Crippen LogP) is 4.85. The van der Waals surface area contributed by atoms with Crippen molar-refractivity contribution in [2.24, 2.45) is 5.92 Å². The van der Waals surface area contributed by atoms with E-state index in [1.165, 1.54) is 38.2 Å². The standard InChI is InChI=1S/C14H18BrFO/c1-17-11-7-8-12(13(16)9-11)14(15)10-5-3-2-4-6-10/h7-10,14H,2-6H2,1H3. The van der Waals surface area contributed by atoms with Gasteiger partial charge in [-0.2, -0.15) is 0 Å². The number of hydrogen-bond acceptors (Lipinski definition) is 1. The van der Waals surface area contributed by atoms with Gasteiger partial charge in [0.25, 0.3) is 0 Å². The summed E-state index contributed by atoms with van der Waals surface area (Å²) >= 11 is 3.66. The topological polar surface area (TPSA) is 9.23 Å². The molecule has 1 aromatic rings. The van der Waals surface area contributed by atoms with Gasteiger partial charge in [-0.05, 0) is 24.8 Å². The van der Waals surface area contributed by atoms with E-state index in [1.54, 1.807) is 7.11 Å². The Labute approximate surface area is 110 Å². The molecular weight excluding hydrogens is 283 g/mol. The lowest BCUT2D eigenvalue weighted by Gasteiger charge is -2.27. The number of rotatable bonds is 3. The molecule has 94 valence electrons. The first-order valence-corrected chi connectivity index (χ1v) is 7.11. The summed E-state index contributed by atoms with van der Waals surface area (Å²) in [6.45, 7) is 0. The molecule has 17 heavy (non-hydrogen) atoms. The zero-order valence-electron chi connectivity index (χ0n) is 10.1. The first-order chi connectivity index (χ1) is 8.22. The van der Waals surface area contributed by atoms with Crippen molar-refractivity contribution in [1.29, 1.82) is 0 Å². The second-order valence-electron chi connectivity index (χ2n) is 4.69. The largest absolute Gasteiger partial charge is 0.497 e. The van der Waals surface area contributed by atoms with Crippen molar-refractivity contribution in [2.45, 2.75) is 36.9 Å². The number of ether oxygens (including phenoxy) is 1. The molecule has 1 atom stereocenters. The minimum absolute atomic E-state index is 0.133. The zero-order valence-corrected chi connectivity index (χ0v) is 11.7. The molecule has 0 bridgehead atoms. The quantitative estimate of drug-likeness (QED) is 0.725. The lowest BCUT2D eigenvalue weighted by molar-refractivity contribution is 0.350. The summed E-state index contributed by atoms with van der Waals surface area (Å²) in [4.78, 5) is 0.133. The lowest BCUT2D eigenvalue weighted by Crippen LogP contribution is -2.13. The van der Waals surface area contributed by atoms with Crippen molar-refractivity contribution >= 4 is 15.9 Å². The van der Waals surface area contributed by atoms with E-state index in [0.717, 1.165) is 5.56 Å². The van der Waals surface area contributed by atoms with Gasteiger partial charge >= 0.3 is 0 Å². The van der Waals surface area contributed by atoms with E-state index in [4.69, 9.17) is 4.74 Å². The molecule has 0 aliphatic heterocycles. The maximum atomic E-state index is 13.9. The summed E-state index contributed by atoms with van der Waals surface area (Å²) in [5.74, 6) is 0.970. The molecule has 0 heterocycles. The van der Waals surface area contributed by atoms with Gasteiger partial charge in [0.05, 0.1) is 7.11 Å². The maximum Gasteiger partial charge on any atom is 0.131 e. The summed E-state index contributed by atoms with van der Waals surface area (Å²) in [5, 5.41) is 0. The molecule has 2 rings (SSSR count). The minimum atomic E-state index is -0.170. The number of alkyl halides is 1. The average Bonchev–Trinajstić information content (AvgIpc) is 2.39. The molecule has 1 aliphatic rings. The van der Waals surface area contributed by atoms with Crippen LogP contribution in [-0.4, -0.2) is 7.11 Å². The molecule has 1 aromatic carbocycles. The third kappa shape index (κ3) is 3.01. The van der Waals surface area contributed by atoms with E-state index in [0.29, 0.717) is 11.7 Å². The molecule has 1 fully saturated rings. The van der Waals surface area contributed by atoms with Crippen LogP contribution in [0.15, 0.2) is 18.2 Å². The third-order valence-corrected chi connectivity index (χ3v) is 4.81. The van der Waals surface area contributed by atoms with Crippen LogP contribution in [0.1, 0.15) is 42.5 Å². The second kappa shape index (κ2) is 5.85. The van der Waals surface area contributed by atoms with Crippen molar-refractivity contribution in [2.75, 3.05) is 7.11 Å². The summed E-state index contributed by atoms with van der Waals surface area (Å²) in [6, 6.07) is 5.13. The van der Waals surface area contributed by atoms with Gasteiger partial charge in [-0.15, -0.1) is 0 Å². The van der Waals surface area contributed by atoms with E-state index in [1.807, 2.05) is 12.1 Å². The zero-order chi connectivity index (χ0) is 12.3. The minimum Gasteiger partial charge on any atom is -0.497 e. The van der Waals surface area contributed by atoms with Crippen molar-refractivity contribution < 1.29 is 9.13 Å². The van der Waals surface area contributed by atoms with Crippen molar-refractivity contribution in [3.63, 3.8) is 0 Å². The molecule has 0 spiro atoms. The maximum absolute atomic E-state index is 13.9. The Morgan fingerprint density at radius 3 is 2.59 bits per heavy atom. The molecule has 0 N–H and O–H groups in total. The molecule has 3 heteroatoms. The first-order valence-electron chi connectivity index (χ1n) is 6.20. The molecule has 0 aromatic heterocycles. The fraction of sp³-hybridized carbons (Fsp3) is 0.571. The van der Waals surface area contributed by atoms with Gasteiger partial charge in [0.15, 0.2) is 0 Å². The molecular formula is C14H18BrFO. The average molecular weight is 301 g/mol. The monoisotopic (exact) mass is 300 g/mol. The Morgan fingerprint density at radius 2 is 2.00 bits per heavy atom. The van der Waals surface area contributed by atoms with Crippen molar-refractivity contribution in [3.8, 4) is 5.75 Å². The van der Waals surface area contributed by atoms with Crippen LogP contribution in [0.5, 0.6) is 5.75 Å². The van der Waals surface area contributed by atoms with Crippen molar-refractivity contribution in [1.82, 2.24) is 0 Å². The fourth-order valence-electron chi connectivity index (χ4n) is 2.54. The van der Waals surface area contributed by atoms with Crippen LogP contribution >= 0.6 is 15.9 Å². The van der Waals surface area contributed by atoms with Crippen LogP contribution in [0.4, 0.5) is 4.39 Å². The first kappa shape index (κ1) is 12.9. The molecule has 0 saturated heterocycles. The van der Waals surface area contributed by atoms with Crippen LogP contribution in [-0.2, 0) is 0 Å². The van der Waals surface area contributed by atoms with E-state index < -0.39 is 0 Å². The Hall–Kier alpha value is -0.570. The Kier molecular flexibility index (Phi) is 4.43. The van der Waals surface area contributed by atoms with E-state index >= 15 is 0 Å². The van der Waals surface area contributed by atoms with Gasteiger partial charge < -0.3 is 4.74 Å². The highest BCUT2D eigenvalue weighted by molar-refractivity contribution is 9.09. The summed E-state index contributed by atoms with van der Waals surface area (Å²) < 4.78 is 19.0. The molecule has 1 nitrogen and oxygen atoms in total. The highest BCUT2D eigenvalue weighted by atomic mass is 79.9. The molecule has 1 saturated carbocycles. The third-order valence-electron chi connectivity index (χ3n) is 3.57. The summed E-state index contributed by atoms with van der Waals surface area (Å²) in [7, 11) is 1.56. The Bertz CT molecular complexity index is 374. The van der Waals surface area contributed by atoms with Crippen molar-refractivity contribution in [3.05, 3.63) is 29.6 Å². The second-order valence-corrected chi connectivity index (χ2v) is 5.67. The Morgan fingerprint density at radius 1 is 1.29 bits per heavy atom. The van der Waals surface area contributed by atoms with Gasteiger partial charge in [-0.25, -0.2) is 4.39 Å². The van der Waals surface area contributed by atoms with Gasteiger partial charge in [0.2, 0.25) is 0 Å². The smallest absolute Gasteiger partial charge is 0.131 e. The van der Waals surface area contributed by atoms with Gasteiger partial charge in [-0.3, -0.25) is 0 Å². The highest BCUT2D eigenvalue weighted by Crippen LogP contribution is 2.41. The van der Waals surface area contributed by atoms with Gasteiger partial charge in [-0.1, -0.05) is 41.3 Å². The number of hydrogen-bond donors (Lipinski definition) is 0. The Balaban J connectivity index is 2.15. The molecule has 1 aliphatic carbocycles. The van der Waals surface area contributed by atoms with Crippen LogP contribution in [0.3, 0.4) is 0 Å². The lowest BCUT2D eigenvalue weighted by atomic mass is 9.84. The molecule has 0 radical (unpaired) electrons. The summed E-state index contributed by atoms with van der Waals surface area (Å²) in [6.07, 6.45) is 6.25. The highest BCUT2D eigenvalue weighted by Gasteiger charge is 2.24. The van der Waals surface area contributed by atoms with Crippen LogP contribution < -0.4 is 4.74 Å². The van der Waals surface area contributed by atoms with Crippen LogP contribution in [0, 0.1) is 11.7 Å². The fourth-order valence-corrected chi connectivity index (χ4v) is 3.44. The van der Waals surface area contributed by atoms with Crippen LogP contribution in [0.2, 0.25) is 0 Å². The normalized spacial score (nSPS) is 19.0. The SMILES string of the molecule is COc1ccc(C(Br)C2CCCCC2)c(F)c1. The van der Waals surface area contributed by atoms with Crippen LogP contribution in [0.25, 0.3) is 0 Å². The van der Waals surface area contributed by atoms with E-state index in [-0.39, 0.29) is 10.6 Å². The number of methoxy groups -OCH3 is 1. The molecule has 0 amide bonds. The molecule has 1 unspecified atom stereocenters.